The molecule has 1 aliphatic rings. The second-order valence-electron chi connectivity index (χ2n) is 5.28. The van der Waals surface area contributed by atoms with Crippen LogP contribution < -0.4 is 10.6 Å². The Kier molecular flexibility index (Phi) is 3.24. The monoisotopic (exact) mass is 234 g/mol. The molecule has 1 heterocycles. The van der Waals surface area contributed by atoms with E-state index in [2.05, 4.69) is 35.9 Å². The molecule has 0 aliphatic heterocycles. The summed E-state index contributed by atoms with van der Waals surface area (Å²) in [5.41, 5.74) is 6.70. The maximum atomic E-state index is 5.65. The van der Waals surface area contributed by atoms with E-state index in [1.807, 2.05) is 12.1 Å². The molecule has 1 aliphatic carbocycles. The largest absolute Gasteiger partial charge is 0.397 e. The zero-order valence-electron chi connectivity index (χ0n) is 11.0. The first-order valence-electron chi connectivity index (χ1n) is 6.14. The Morgan fingerprint density at radius 2 is 2.00 bits per heavy atom. The molecule has 0 atom stereocenters. The van der Waals surface area contributed by atoms with Gasteiger partial charge in [-0.25, -0.2) is 4.98 Å². The van der Waals surface area contributed by atoms with Crippen molar-refractivity contribution in [2.75, 3.05) is 38.3 Å². The first kappa shape index (κ1) is 12.2. The van der Waals surface area contributed by atoms with Crippen LogP contribution >= 0.6 is 0 Å². The number of nitrogen functional groups attached to an aromatic ring is 1. The molecular formula is C13H22N4. The molecule has 2 rings (SSSR count). The zero-order chi connectivity index (χ0) is 12.5. The number of nitrogens with two attached hydrogens (primary N) is 1. The minimum Gasteiger partial charge on any atom is -0.397 e. The van der Waals surface area contributed by atoms with Crippen molar-refractivity contribution in [3.8, 4) is 0 Å². The van der Waals surface area contributed by atoms with Gasteiger partial charge in [-0.05, 0) is 45.5 Å². The molecule has 1 saturated carbocycles. The highest BCUT2D eigenvalue weighted by atomic mass is 15.2. The van der Waals surface area contributed by atoms with E-state index in [1.165, 1.54) is 19.3 Å². The smallest absolute Gasteiger partial charge is 0.128 e. The van der Waals surface area contributed by atoms with Crippen LogP contribution in [0.2, 0.25) is 0 Å². The summed E-state index contributed by atoms with van der Waals surface area (Å²) >= 11 is 0. The number of rotatable bonds is 4. The van der Waals surface area contributed by atoms with Gasteiger partial charge in [-0.1, -0.05) is 0 Å². The predicted molar refractivity (Wildman–Crippen MR) is 72.2 cm³/mol. The van der Waals surface area contributed by atoms with E-state index in [9.17, 15) is 0 Å². The summed E-state index contributed by atoms with van der Waals surface area (Å²) in [6, 6.07) is 3.89. The standard InChI is InChI=1S/C13H22N4/c1-16(2)13(7-4-8-13)10-17(3)12-6-5-11(14)9-15-12/h5-6,9H,4,7-8,10,14H2,1-3H3. The summed E-state index contributed by atoms with van der Waals surface area (Å²) in [7, 11) is 6.44. The molecule has 4 heteroatoms. The van der Waals surface area contributed by atoms with Crippen LogP contribution in [0.25, 0.3) is 0 Å². The number of hydrogen-bond acceptors (Lipinski definition) is 4. The van der Waals surface area contributed by atoms with Crippen LogP contribution in [0.5, 0.6) is 0 Å². The van der Waals surface area contributed by atoms with Crippen molar-refractivity contribution in [2.24, 2.45) is 0 Å². The van der Waals surface area contributed by atoms with Gasteiger partial charge in [-0.3, -0.25) is 0 Å². The van der Waals surface area contributed by atoms with E-state index in [1.54, 1.807) is 6.20 Å². The molecule has 2 N–H and O–H groups in total. The topological polar surface area (TPSA) is 45.4 Å². The van der Waals surface area contributed by atoms with Crippen molar-refractivity contribution in [1.82, 2.24) is 9.88 Å². The molecular weight excluding hydrogens is 212 g/mol. The van der Waals surface area contributed by atoms with E-state index < -0.39 is 0 Å². The Bertz CT molecular complexity index is 368. The molecule has 0 saturated heterocycles. The van der Waals surface area contributed by atoms with Gasteiger partial charge in [0.05, 0.1) is 11.9 Å². The van der Waals surface area contributed by atoms with Crippen molar-refractivity contribution in [3.05, 3.63) is 18.3 Å². The molecule has 1 aromatic heterocycles. The normalized spacial score (nSPS) is 17.9. The van der Waals surface area contributed by atoms with Crippen LogP contribution in [0.15, 0.2) is 18.3 Å². The fourth-order valence-corrected chi connectivity index (χ4v) is 2.48. The fraction of sp³-hybridized carbons (Fsp3) is 0.615. The average molecular weight is 234 g/mol. The van der Waals surface area contributed by atoms with Gasteiger partial charge in [0.2, 0.25) is 0 Å². The van der Waals surface area contributed by atoms with Crippen molar-refractivity contribution < 1.29 is 0 Å². The fourth-order valence-electron chi connectivity index (χ4n) is 2.48. The highest BCUT2D eigenvalue weighted by Gasteiger charge is 2.40. The van der Waals surface area contributed by atoms with Crippen molar-refractivity contribution in [1.29, 1.82) is 0 Å². The van der Waals surface area contributed by atoms with E-state index in [4.69, 9.17) is 5.73 Å². The predicted octanol–water partition coefficient (Wildman–Crippen LogP) is 1.58. The minimum atomic E-state index is 0.331. The number of nitrogens with zero attached hydrogens (tertiary/aromatic N) is 3. The van der Waals surface area contributed by atoms with Gasteiger partial charge in [-0.15, -0.1) is 0 Å². The first-order valence-corrected chi connectivity index (χ1v) is 6.14. The summed E-state index contributed by atoms with van der Waals surface area (Å²) < 4.78 is 0. The van der Waals surface area contributed by atoms with Gasteiger partial charge in [0, 0.05) is 19.1 Å². The zero-order valence-corrected chi connectivity index (χ0v) is 11.0. The lowest BCUT2D eigenvalue weighted by Gasteiger charge is -2.49. The Morgan fingerprint density at radius 3 is 2.41 bits per heavy atom. The third-order valence-electron chi connectivity index (χ3n) is 3.93. The quantitative estimate of drug-likeness (QED) is 0.859. The van der Waals surface area contributed by atoms with E-state index >= 15 is 0 Å². The lowest BCUT2D eigenvalue weighted by molar-refractivity contribution is 0.0682. The van der Waals surface area contributed by atoms with Gasteiger partial charge < -0.3 is 15.5 Å². The number of likely N-dealkylation sites (N-methyl/N-ethyl adjacent to an activating group) is 2. The number of aromatic nitrogens is 1. The highest BCUT2D eigenvalue weighted by molar-refractivity contribution is 5.45. The van der Waals surface area contributed by atoms with Crippen LogP contribution in [0.4, 0.5) is 11.5 Å². The van der Waals surface area contributed by atoms with Crippen LogP contribution in [0.3, 0.4) is 0 Å². The highest BCUT2D eigenvalue weighted by Crippen LogP contribution is 2.37. The SMILES string of the molecule is CN(CC1(N(C)C)CCC1)c1ccc(N)cn1. The first-order chi connectivity index (χ1) is 8.03. The Labute approximate surface area is 103 Å². The molecule has 1 fully saturated rings. The maximum absolute atomic E-state index is 5.65. The molecule has 94 valence electrons. The number of pyridine rings is 1. The van der Waals surface area contributed by atoms with Crippen molar-refractivity contribution in [3.63, 3.8) is 0 Å². The van der Waals surface area contributed by atoms with Crippen LogP contribution in [0.1, 0.15) is 19.3 Å². The Hall–Kier alpha value is -1.29. The second-order valence-corrected chi connectivity index (χ2v) is 5.28. The molecule has 0 spiro atoms. The summed E-state index contributed by atoms with van der Waals surface area (Å²) in [6.07, 6.45) is 5.61. The van der Waals surface area contributed by atoms with Crippen molar-refractivity contribution >= 4 is 11.5 Å². The molecule has 4 nitrogen and oxygen atoms in total. The summed E-state index contributed by atoms with van der Waals surface area (Å²) in [4.78, 5) is 8.93. The van der Waals surface area contributed by atoms with E-state index in [-0.39, 0.29) is 0 Å². The molecule has 0 unspecified atom stereocenters. The van der Waals surface area contributed by atoms with Gasteiger partial charge in [0.25, 0.3) is 0 Å². The van der Waals surface area contributed by atoms with Crippen molar-refractivity contribution in [2.45, 2.75) is 24.8 Å². The Morgan fingerprint density at radius 1 is 1.29 bits per heavy atom. The third kappa shape index (κ3) is 2.36. The lowest BCUT2D eigenvalue weighted by Crippen LogP contribution is -2.56. The maximum Gasteiger partial charge on any atom is 0.128 e. The molecule has 0 radical (unpaired) electrons. The molecule has 0 aromatic carbocycles. The molecule has 0 bridgehead atoms. The molecule has 1 aromatic rings. The lowest BCUT2D eigenvalue weighted by atomic mass is 9.75. The summed E-state index contributed by atoms with van der Waals surface area (Å²) in [6.45, 7) is 1.02. The number of anilines is 2. The summed E-state index contributed by atoms with van der Waals surface area (Å²) in [5.74, 6) is 0.993. The summed E-state index contributed by atoms with van der Waals surface area (Å²) in [5, 5.41) is 0. The van der Waals surface area contributed by atoms with E-state index in [0.717, 1.165) is 12.4 Å². The van der Waals surface area contributed by atoms with Crippen LogP contribution in [-0.4, -0.2) is 43.1 Å². The minimum absolute atomic E-state index is 0.331. The molecule has 17 heavy (non-hydrogen) atoms. The van der Waals surface area contributed by atoms with Crippen LogP contribution in [0, 0.1) is 0 Å². The van der Waals surface area contributed by atoms with Gasteiger partial charge >= 0.3 is 0 Å². The van der Waals surface area contributed by atoms with Gasteiger partial charge in [0.15, 0.2) is 0 Å². The van der Waals surface area contributed by atoms with E-state index in [0.29, 0.717) is 11.2 Å². The molecule has 0 amide bonds. The third-order valence-corrected chi connectivity index (χ3v) is 3.93. The van der Waals surface area contributed by atoms with Gasteiger partial charge in [0.1, 0.15) is 5.82 Å². The van der Waals surface area contributed by atoms with Gasteiger partial charge in [-0.2, -0.15) is 0 Å². The second kappa shape index (κ2) is 4.53. The average Bonchev–Trinajstić information content (AvgIpc) is 2.23. The Balaban J connectivity index is 2.05. The van der Waals surface area contributed by atoms with Crippen LogP contribution in [-0.2, 0) is 0 Å². The number of hydrogen-bond donors (Lipinski definition) is 1.